The number of benzene rings is 1. The Kier molecular flexibility index (Phi) is 4.71. The first kappa shape index (κ1) is 15.8. The molecule has 2 aromatic rings. The lowest BCUT2D eigenvalue weighted by Crippen LogP contribution is -2.31. The predicted octanol–water partition coefficient (Wildman–Crippen LogP) is 4.32. The van der Waals surface area contributed by atoms with Crippen LogP contribution in [0.5, 0.6) is 0 Å². The molecule has 0 amide bonds. The zero-order chi connectivity index (χ0) is 15.6. The van der Waals surface area contributed by atoms with Crippen molar-refractivity contribution in [2.75, 3.05) is 6.61 Å². The van der Waals surface area contributed by atoms with Crippen molar-refractivity contribution < 1.29 is 4.74 Å². The van der Waals surface area contributed by atoms with E-state index in [9.17, 15) is 0 Å². The molecule has 0 N–H and O–H groups in total. The molecule has 2 heterocycles. The van der Waals surface area contributed by atoms with Gasteiger partial charge >= 0.3 is 0 Å². The van der Waals surface area contributed by atoms with E-state index in [-0.39, 0.29) is 0 Å². The highest BCUT2D eigenvalue weighted by molar-refractivity contribution is 6.35. The number of hydrogen-bond acceptors (Lipinski definition) is 3. The van der Waals surface area contributed by atoms with Gasteiger partial charge in [0.05, 0.1) is 13.2 Å². The van der Waals surface area contributed by atoms with E-state index in [4.69, 9.17) is 27.9 Å². The lowest BCUT2D eigenvalue weighted by atomic mass is 9.85. The molecule has 0 radical (unpaired) electrons. The summed E-state index contributed by atoms with van der Waals surface area (Å²) in [4.78, 5) is 4.02. The third kappa shape index (κ3) is 3.14. The van der Waals surface area contributed by atoms with Gasteiger partial charge < -0.3 is 4.74 Å². The van der Waals surface area contributed by atoms with E-state index in [1.54, 1.807) is 17.1 Å². The maximum absolute atomic E-state index is 6.45. The van der Waals surface area contributed by atoms with Crippen LogP contribution in [0.15, 0.2) is 30.9 Å². The first-order valence-electron chi connectivity index (χ1n) is 7.55. The molecule has 2 unspecified atom stereocenters. The smallest absolute Gasteiger partial charge is 0.137 e. The van der Waals surface area contributed by atoms with Gasteiger partial charge in [0.1, 0.15) is 18.3 Å². The number of aromatic nitrogens is 3. The molecule has 1 fully saturated rings. The minimum atomic E-state index is -0.463. The summed E-state index contributed by atoms with van der Waals surface area (Å²) in [5, 5.41) is 5.50. The zero-order valence-electron chi connectivity index (χ0n) is 12.5. The van der Waals surface area contributed by atoms with Gasteiger partial charge in [-0.2, -0.15) is 5.10 Å². The summed E-state index contributed by atoms with van der Waals surface area (Å²) in [6.07, 6.45) is 6.49. The Balaban J connectivity index is 1.96. The molecule has 0 bridgehead atoms. The summed E-state index contributed by atoms with van der Waals surface area (Å²) in [5.74, 6) is 0.542. The fourth-order valence-corrected chi connectivity index (χ4v) is 3.85. The molecule has 2 atom stereocenters. The molecule has 1 aromatic carbocycles. The second kappa shape index (κ2) is 6.57. The van der Waals surface area contributed by atoms with Crippen molar-refractivity contribution in [3.05, 3.63) is 46.5 Å². The number of rotatable bonds is 5. The standard InChI is InChI=1S/C16H19Cl2N3O/c1-2-3-12-7-16(22-8-12,9-21-11-19-10-20-21)14-5-4-13(17)6-15(14)18/h4-6,10-12H,2-3,7-9H2,1H3. The Hall–Kier alpha value is -1.10. The number of nitrogens with zero attached hydrogens (tertiary/aromatic N) is 3. The summed E-state index contributed by atoms with van der Waals surface area (Å²) < 4.78 is 8.07. The topological polar surface area (TPSA) is 39.9 Å². The minimum absolute atomic E-state index is 0.463. The second-order valence-electron chi connectivity index (χ2n) is 5.88. The third-order valence-electron chi connectivity index (χ3n) is 4.22. The van der Waals surface area contributed by atoms with Gasteiger partial charge in [-0.1, -0.05) is 42.6 Å². The first-order chi connectivity index (χ1) is 10.6. The van der Waals surface area contributed by atoms with Crippen LogP contribution < -0.4 is 0 Å². The Morgan fingerprint density at radius 3 is 2.95 bits per heavy atom. The van der Waals surface area contributed by atoms with Crippen molar-refractivity contribution in [2.24, 2.45) is 5.92 Å². The molecule has 6 heteroatoms. The van der Waals surface area contributed by atoms with Crippen molar-refractivity contribution in [3.63, 3.8) is 0 Å². The van der Waals surface area contributed by atoms with Crippen LogP contribution in [0, 0.1) is 5.92 Å². The Morgan fingerprint density at radius 2 is 2.27 bits per heavy atom. The van der Waals surface area contributed by atoms with Gasteiger partial charge in [-0.3, -0.25) is 0 Å². The quantitative estimate of drug-likeness (QED) is 0.814. The number of ether oxygens (including phenoxy) is 1. The monoisotopic (exact) mass is 339 g/mol. The molecule has 3 rings (SSSR count). The maximum Gasteiger partial charge on any atom is 0.137 e. The molecule has 0 spiro atoms. The van der Waals surface area contributed by atoms with Crippen LogP contribution in [-0.2, 0) is 16.9 Å². The van der Waals surface area contributed by atoms with Crippen LogP contribution in [0.25, 0.3) is 0 Å². The van der Waals surface area contributed by atoms with Crippen LogP contribution in [0.3, 0.4) is 0 Å². The second-order valence-corrected chi connectivity index (χ2v) is 6.72. The van der Waals surface area contributed by atoms with Crippen LogP contribution in [0.4, 0.5) is 0 Å². The van der Waals surface area contributed by atoms with E-state index in [1.165, 1.54) is 6.33 Å². The fourth-order valence-electron chi connectivity index (χ4n) is 3.27. The van der Waals surface area contributed by atoms with Gasteiger partial charge in [-0.25, -0.2) is 9.67 Å². The van der Waals surface area contributed by atoms with E-state index < -0.39 is 5.60 Å². The van der Waals surface area contributed by atoms with Gasteiger partial charge in [0.25, 0.3) is 0 Å². The van der Waals surface area contributed by atoms with E-state index in [2.05, 4.69) is 17.0 Å². The van der Waals surface area contributed by atoms with Gasteiger partial charge in [0.2, 0.25) is 0 Å². The molecule has 4 nitrogen and oxygen atoms in total. The van der Waals surface area contributed by atoms with Gasteiger partial charge in [-0.05, 0) is 30.9 Å². The van der Waals surface area contributed by atoms with Crippen LogP contribution in [-0.4, -0.2) is 21.4 Å². The summed E-state index contributed by atoms with van der Waals surface area (Å²) in [5.41, 5.74) is 0.516. The van der Waals surface area contributed by atoms with Gasteiger partial charge in [-0.15, -0.1) is 0 Å². The largest absolute Gasteiger partial charge is 0.368 e. The molecule has 1 aromatic heterocycles. The molecule has 1 saturated heterocycles. The van der Waals surface area contributed by atoms with Crippen LogP contribution in [0.2, 0.25) is 10.0 Å². The Bertz CT molecular complexity index is 632. The molecule has 0 saturated carbocycles. The molecule has 1 aliphatic heterocycles. The van der Waals surface area contributed by atoms with Crippen molar-refractivity contribution in [1.29, 1.82) is 0 Å². The lowest BCUT2D eigenvalue weighted by molar-refractivity contribution is -0.0177. The summed E-state index contributed by atoms with van der Waals surface area (Å²) in [6.45, 7) is 3.56. The van der Waals surface area contributed by atoms with Crippen LogP contribution >= 0.6 is 23.2 Å². The van der Waals surface area contributed by atoms with Gasteiger partial charge in [0, 0.05) is 15.6 Å². The number of halogens is 2. The van der Waals surface area contributed by atoms with E-state index in [1.807, 2.05) is 12.1 Å². The molecular formula is C16H19Cl2N3O. The molecule has 22 heavy (non-hydrogen) atoms. The minimum Gasteiger partial charge on any atom is -0.368 e. The maximum atomic E-state index is 6.45. The van der Waals surface area contributed by atoms with E-state index in [0.717, 1.165) is 31.4 Å². The fraction of sp³-hybridized carbons (Fsp3) is 0.500. The highest BCUT2D eigenvalue weighted by Gasteiger charge is 2.43. The van der Waals surface area contributed by atoms with Crippen LogP contribution in [0.1, 0.15) is 31.7 Å². The van der Waals surface area contributed by atoms with Crippen molar-refractivity contribution in [3.8, 4) is 0 Å². The SMILES string of the molecule is CCCC1COC(Cn2cncn2)(c2ccc(Cl)cc2Cl)C1. The average Bonchev–Trinajstić information content (AvgIpc) is 3.10. The highest BCUT2D eigenvalue weighted by atomic mass is 35.5. The lowest BCUT2D eigenvalue weighted by Gasteiger charge is -2.30. The summed E-state index contributed by atoms with van der Waals surface area (Å²) in [7, 11) is 0. The third-order valence-corrected chi connectivity index (χ3v) is 4.76. The molecule has 0 aliphatic carbocycles. The van der Waals surface area contributed by atoms with Crippen molar-refractivity contribution in [2.45, 2.75) is 38.3 Å². The summed E-state index contributed by atoms with van der Waals surface area (Å²) >= 11 is 12.5. The molecule has 1 aliphatic rings. The molecule has 118 valence electrons. The van der Waals surface area contributed by atoms with Crippen molar-refractivity contribution >= 4 is 23.2 Å². The average molecular weight is 340 g/mol. The van der Waals surface area contributed by atoms with E-state index in [0.29, 0.717) is 22.5 Å². The highest BCUT2D eigenvalue weighted by Crippen LogP contribution is 2.44. The Labute approximate surface area is 140 Å². The molecular weight excluding hydrogens is 321 g/mol. The van der Waals surface area contributed by atoms with Crippen molar-refractivity contribution in [1.82, 2.24) is 14.8 Å². The summed E-state index contributed by atoms with van der Waals surface area (Å²) in [6, 6.07) is 5.61. The Morgan fingerprint density at radius 1 is 1.41 bits per heavy atom. The number of hydrogen-bond donors (Lipinski definition) is 0. The zero-order valence-corrected chi connectivity index (χ0v) is 14.0. The van der Waals surface area contributed by atoms with Gasteiger partial charge in [0.15, 0.2) is 0 Å². The first-order valence-corrected chi connectivity index (χ1v) is 8.30. The predicted molar refractivity (Wildman–Crippen MR) is 87.1 cm³/mol. The van der Waals surface area contributed by atoms with E-state index >= 15 is 0 Å². The normalized spacial score (nSPS) is 24.8.